The predicted octanol–water partition coefficient (Wildman–Crippen LogP) is 3.53. The van der Waals surface area contributed by atoms with Crippen molar-refractivity contribution in [2.45, 2.75) is 33.2 Å². The summed E-state index contributed by atoms with van der Waals surface area (Å²) >= 11 is 0. The summed E-state index contributed by atoms with van der Waals surface area (Å²) in [5.74, 6) is -0.211. The van der Waals surface area contributed by atoms with E-state index in [9.17, 15) is 9.59 Å². The van der Waals surface area contributed by atoms with E-state index in [0.717, 1.165) is 24.1 Å². The zero-order valence-corrected chi connectivity index (χ0v) is 13.6. The first-order valence-electron chi connectivity index (χ1n) is 7.82. The molecule has 0 saturated heterocycles. The van der Waals surface area contributed by atoms with Gasteiger partial charge in [-0.05, 0) is 41.8 Å². The number of benzene rings is 2. The van der Waals surface area contributed by atoms with E-state index in [-0.39, 0.29) is 11.8 Å². The number of nitrogens with one attached hydrogen (secondary N) is 2. The minimum Gasteiger partial charge on any atom is -0.352 e. The fourth-order valence-corrected chi connectivity index (χ4v) is 2.25. The Hall–Kier alpha value is -2.62. The molecule has 0 heterocycles. The monoisotopic (exact) mass is 310 g/mol. The maximum atomic E-state index is 12.2. The van der Waals surface area contributed by atoms with Crippen molar-refractivity contribution in [1.82, 2.24) is 5.32 Å². The predicted molar refractivity (Wildman–Crippen MR) is 92.4 cm³/mol. The molecule has 0 fully saturated rings. The van der Waals surface area contributed by atoms with Crippen LogP contribution in [-0.2, 0) is 17.8 Å². The minimum absolute atomic E-state index is 0.0710. The Morgan fingerprint density at radius 1 is 0.913 bits per heavy atom. The van der Waals surface area contributed by atoms with Crippen LogP contribution in [0.15, 0.2) is 48.5 Å². The van der Waals surface area contributed by atoms with Gasteiger partial charge in [0.15, 0.2) is 0 Å². The van der Waals surface area contributed by atoms with E-state index in [1.165, 1.54) is 12.5 Å². The van der Waals surface area contributed by atoms with E-state index in [0.29, 0.717) is 12.1 Å². The van der Waals surface area contributed by atoms with Crippen LogP contribution in [0.5, 0.6) is 0 Å². The van der Waals surface area contributed by atoms with Crippen LogP contribution in [0.2, 0.25) is 0 Å². The Balaban J connectivity index is 1.95. The summed E-state index contributed by atoms with van der Waals surface area (Å²) in [6.07, 6.45) is 2.15. The maximum absolute atomic E-state index is 12.2. The molecule has 23 heavy (non-hydrogen) atoms. The van der Waals surface area contributed by atoms with E-state index in [2.05, 4.69) is 17.6 Å². The second kappa shape index (κ2) is 8.13. The molecule has 4 heteroatoms. The average molecular weight is 310 g/mol. The maximum Gasteiger partial charge on any atom is 0.255 e. The van der Waals surface area contributed by atoms with Crippen LogP contribution in [0.25, 0.3) is 0 Å². The summed E-state index contributed by atoms with van der Waals surface area (Å²) in [6.45, 7) is 4.09. The molecule has 0 aromatic heterocycles. The van der Waals surface area contributed by atoms with Gasteiger partial charge >= 0.3 is 0 Å². The summed E-state index contributed by atoms with van der Waals surface area (Å²) in [5.41, 5.74) is 3.61. The zero-order valence-electron chi connectivity index (χ0n) is 13.6. The van der Waals surface area contributed by atoms with Gasteiger partial charge in [0.1, 0.15) is 0 Å². The number of carbonyl (C=O) groups excluding carboxylic acids is 2. The van der Waals surface area contributed by atoms with Crippen molar-refractivity contribution in [2.24, 2.45) is 0 Å². The quantitative estimate of drug-likeness (QED) is 0.857. The van der Waals surface area contributed by atoms with Crippen LogP contribution in [-0.4, -0.2) is 11.8 Å². The van der Waals surface area contributed by atoms with Crippen LogP contribution < -0.4 is 10.6 Å². The normalized spacial score (nSPS) is 10.2. The molecule has 2 aromatic rings. The third kappa shape index (κ3) is 5.25. The van der Waals surface area contributed by atoms with E-state index in [1.54, 1.807) is 12.1 Å². The molecule has 0 radical (unpaired) electrons. The second-order valence-corrected chi connectivity index (χ2v) is 5.51. The lowest BCUT2D eigenvalue weighted by Gasteiger charge is -2.07. The second-order valence-electron chi connectivity index (χ2n) is 5.51. The SMILES string of the molecule is CCCc1ccc(NC(=O)c2ccc(CNC(C)=O)cc2)cc1. The molecule has 2 N–H and O–H groups in total. The number of aryl methyl sites for hydroxylation is 1. The lowest BCUT2D eigenvalue weighted by Crippen LogP contribution is -2.19. The molecule has 0 aliphatic rings. The lowest BCUT2D eigenvalue weighted by atomic mass is 10.1. The van der Waals surface area contributed by atoms with Crippen LogP contribution in [0, 0.1) is 0 Å². The number of hydrogen-bond donors (Lipinski definition) is 2. The Labute approximate surface area is 136 Å². The van der Waals surface area contributed by atoms with E-state index in [4.69, 9.17) is 0 Å². The summed E-state index contributed by atoms with van der Waals surface area (Å²) in [5, 5.41) is 5.61. The molecule has 0 aliphatic heterocycles. The van der Waals surface area contributed by atoms with Gasteiger partial charge in [-0.15, -0.1) is 0 Å². The minimum atomic E-state index is -0.140. The van der Waals surface area contributed by atoms with Crippen molar-refractivity contribution in [3.05, 3.63) is 65.2 Å². The van der Waals surface area contributed by atoms with Crippen molar-refractivity contribution in [2.75, 3.05) is 5.32 Å². The van der Waals surface area contributed by atoms with Crippen molar-refractivity contribution in [3.8, 4) is 0 Å². The molecule has 0 spiro atoms. The number of rotatable bonds is 6. The van der Waals surface area contributed by atoms with E-state index in [1.807, 2.05) is 36.4 Å². The Morgan fingerprint density at radius 3 is 2.09 bits per heavy atom. The van der Waals surface area contributed by atoms with Gasteiger partial charge in [-0.3, -0.25) is 9.59 Å². The molecule has 0 unspecified atom stereocenters. The number of carbonyl (C=O) groups is 2. The highest BCUT2D eigenvalue weighted by Crippen LogP contribution is 2.13. The first kappa shape index (κ1) is 16.7. The van der Waals surface area contributed by atoms with Crippen LogP contribution in [0.1, 0.15) is 41.8 Å². The third-order valence-corrected chi connectivity index (χ3v) is 3.51. The summed E-state index contributed by atoms with van der Waals surface area (Å²) in [6, 6.07) is 15.1. The summed E-state index contributed by atoms with van der Waals surface area (Å²) in [4.78, 5) is 23.1. The van der Waals surface area contributed by atoms with Gasteiger partial charge in [-0.1, -0.05) is 37.6 Å². The topological polar surface area (TPSA) is 58.2 Å². The highest BCUT2D eigenvalue weighted by atomic mass is 16.2. The van der Waals surface area contributed by atoms with E-state index < -0.39 is 0 Å². The van der Waals surface area contributed by atoms with Crippen LogP contribution >= 0.6 is 0 Å². The van der Waals surface area contributed by atoms with Gasteiger partial charge in [0.05, 0.1) is 0 Å². The zero-order chi connectivity index (χ0) is 16.7. The standard InChI is InChI=1S/C19H22N2O2/c1-3-4-15-7-11-18(12-8-15)21-19(23)17-9-5-16(6-10-17)13-20-14(2)22/h5-12H,3-4,13H2,1-2H3,(H,20,22)(H,21,23). The van der Waals surface area contributed by atoms with Crippen LogP contribution in [0.4, 0.5) is 5.69 Å². The molecule has 2 rings (SSSR count). The van der Waals surface area contributed by atoms with Crippen molar-refractivity contribution < 1.29 is 9.59 Å². The lowest BCUT2D eigenvalue weighted by molar-refractivity contribution is -0.119. The first-order chi connectivity index (χ1) is 11.1. The van der Waals surface area contributed by atoms with Crippen LogP contribution in [0.3, 0.4) is 0 Å². The molecule has 120 valence electrons. The highest BCUT2D eigenvalue weighted by Gasteiger charge is 2.06. The number of amides is 2. The molecule has 2 amide bonds. The smallest absolute Gasteiger partial charge is 0.255 e. The summed E-state index contributed by atoms with van der Waals surface area (Å²) < 4.78 is 0. The molecule has 2 aromatic carbocycles. The molecule has 0 aliphatic carbocycles. The fourth-order valence-electron chi connectivity index (χ4n) is 2.25. The van der Waals surface area contributed by atoms with Gasteiger partial charge in [0.2, 0.25) is 5.91 Å². The first-order valence-corrected chi connectivity index (χ1v) is 7.82. The fraction of sp³-hybridized carbons (Fsp3) is 0.263. The number of hydrogen-bond acceptors (Lipinski definition) is 2. The Bertz CT molecular complexity index is 661. The van der Waals surface area contributed by atoms with Crippen molar-refractivity contribution in [3.63, 3.8) is 0 Å². The van der Waals surface area contributed by atoms with Gasteiger partial charge in [-0.2, -0.15) is 0 Å². The van der Waals surface area contributed by atoms with Gasteiger partial charge in [0, 0.05) is 24.7 Å². The number of anilines is 1. The Kier molecular flexibility index (Phi) is 5.92. The summed E-state index contributed by atoms with van der Waals surface area (Å²) in [7, 11) is 0. The van der Waals surface area contributed by atoms with Gasteiger partial charge in [0.25, 0.3) is 5.91 Å². The van der Waals surface area contributed by atoms with Gasteiger partial charge < -0.3 is 10.6 Å². The largest absolute Gasteiger partial charge is 0.352 e. The third-order valence-electron chi connectivity index (χ3n) is 3.51. The average Bonchev–Trinajstić information content (AvgIpc) is 2.55. The Morgan fingerprint density at radius 2 is 1.52 bits per heavy atom. The van der Waals surface area contributed by atoms with Crippen molar-refractivity contribution >= 4 is 17.5 Å². The van der Waals surface area contributed by atoms with Gasteiger partial charge in [-0.25, -0.2) is 0 Å². The molecule has 4 nitrogen and oxygen atoms in total. The van der Waals surface area contributed by atoms with Crippen molar-refractivity contribution in [1.29, 1.82) is 0 Å². The molecule has 0 bridgehead atoms. The molecular formula is C19H22N2O2. The highest BCUT2D eigenvalue weighted by molar-refractivity contribution is 6.04. The van der Waals surface area contributed by atoms with E-state index >= 15 is 0 Å². The molecular weight excluding hydrogens is 288 g/mol. The molecule has 0 saturated carbocycles. The molecule has 0 atom stereocenters.